The zero-order valence-corrected chi connectivity index (χ0v) is 14.1. The number of anilines is 1. The maximum absolute atomic E-state index is 12.1. The van der Waals surface area contributed by atoms with Gasteiger partial charge in [0.25, 0.3) is 10.0 Å². The van der Waals surface area contributed by atoms with Crippen molar-refractivity contribution in [2.75, 3.05) is 4.72 Å². The Kier molecular flexibility index (Phi) is 4.15. The molecule has 1 heterocycles. The van der Waals surface area contributed by atoms with Crippen LogP contribution < -0.4 is 4.72 Å². The number of benzene rings is 1. The minimum atomic E-state index is -3.52. The number of rotatable bonds is 3. The van der Waals surface area contributed by atoms with Crippen LogP contribution in [0.1, 0.15) is 5.56 Å². The van der Waals surface area contributed by atoms with Crippen molar-refractivity contribution in [2.24, 2.45) is 0 Å². The van der Waals surface area contributed by atoms with Gasteiger partial charge in [0.2, 0.25) is 0 Å². The monoisotopic (exact) mass is 409 g/mol. The molecule has 2 rings (SSSR count). The minimum absolute atomic E-state index is 0.280. The van der Waals surface area contributed by atoms with E-state index in [1.807, 2.05) is 19.1 Å². The highest BCUT2D eigenvalue weighted by atomic mass is 79.9. The van der Waals surface area contributed by atoms with Crippen LogP contribution in [0.5, 0.6) is 0 Å². The van der Waals surface area contributed by atoms with Gasteiger partial charge < -0.3 is 0 Å². The molecule has 0 amide bonds. The van der Waals surface area contributed by atoms with Crippen molar-refractivity contribution in [3.05, 3.63) is 44.2 Å². The average Bonchev–Trinajstić information content (AvgIpc) is 2.71. The van der Waals surface area contributed by atoms with Crippen LogP contribution in [0.2, 0.25) is 0 Å². The van der Waals surface area contributed by atoms with Crippen LogP contribution in [0.4, 0.5) is 5.69 Å². The topological polar surface area (TPSA) is 46.2 Å². The van der Waals surface area contributed by atoms with E-state index >= 15 is 0 Å². The summed E-state index contributed by atoms with van der Waals surface area (Å²) < 4.78 is 28.6. The Labute approximate surface area is 127 Å². The number of halogens is 2. The zero-order valence-electron chi connectivity index (χ0n) is 9.28. The molecule has 7 heteroatoms. The molecule has 0 fully saturated rings. The number of hydrogen-bond donors (Lipinski definition) is 1. The van der Waals surface area contributed by atoms with E-state index in [1.54, 1.807) is 18.2 Å². The lowest BCUT2D eigenvalue weighted by Crippen LogP contribution is -2.11. The molecule has 0 bridgehead atoms. The summed E-state index contributed by atoms with van der Waals surface area (Å²) in [4.78, 5) is 0. The van der Waals surface area contributed by atoms with Crippen LogP contribution in [0.3, 0.4) is 0 Å². The van der Waals surface area contributed by atoms with Crippen molar-refractivity contribution in [3.63, 3.8) is 0 Å². The second-order valence-electron chi connectivity index (χ2n) is 3.65. The normalized spacial score (nSPS) is 11.5. The van der Waals surface area contributed by atoms with Gasteiger partial charge in [0.15, 0.2) is 0 Å². The highest BCUT2D eigenvalue weighted by molar-refractivity contribution is 9.11. The molecule has 1 aromatic carbocycles. The summed E-state index contributed by atoms with van der Waals surface area (Å²) in [6.07, 6.45) is 0. The van der Waals surface area contributed by atoms with Crippen molar-refractivity contribution in [2.45, 2.75) is 11.1 Å². The summed E-state index contributed by atoms with van der Waals surface area (Å²) in [5.41, 5.74) is 1.53. The summed E-state index contributed by atoms with van der Waals surface area (Å²) in [5.74, 6) is 0. The molecule has 96 valence electrons. The molecule has 1 aromatic heterocycles. The van der Waals surface area contributed by atoms with Crippen molar-refractivity contribution >= 4 is 58.9 Å². The lowest BCUT2D eigenvalue weighted by Gasteiger charge is -2.09. The van der Waals surface area contributed by atoms with E-state index in [4.69, 9.17) is 0 Å². The Morgan fingerprint density at radius 3 is 2.50 bits per heavy atom. The third-order valence-electron chi connectivity index (χ3n) is 2.18. The van der Waals surface area contributed by atoms with E-state index in [2.05, 4.69) is 36.6 Å². The average molecular weight is 411 g/mol. The molecule has 0 saturated heterocycles. The molecule has 3 nitrogen and oxygen atoms in total. The fourth-order valence-corrected chi connectivity index (χ4v) is 4.91. The molecule has 0 saturated carbocycles. The van der Waals surface area contributed by atoms with Gasteiger partial charge in [0.1, 0.15) is 4.21 Å². The highest BCUT2D eigenvalue weighted by Gasteiger charge is 2.17. The first-order valence-electron chi connectivity index (χ1n) is 4.93. The number of nitrogens with one attached hydrogen (secondary N) is 1. The lowest BCUT2D eigenvalue weighted by molar-refractivity contribution is 0.603. The van der Waals surface area contributed by atoms with E-state index in [9.17, 15) is 8.42 Å². The van der Waals surface area contributed by atoms with Gasteiger partial charge in [-0.2, -0.15) is 0 Å². The van der Waals surface area contributed by atoms with Crippen LogP contribution >= 0.6 is 43.2 Å². The van der Waals surface area contributed by atoms with Gasteiger partial charge in [-0.25, -0.2) is 8.42 Å². The minimum Gasteiger partial charge on any atom is -0.278 e. The molecule has 2 aromatic rings. The first-order valence-corrected chi connectivity index (χ1v) is 8.81. The molecule has 0 aliphatic carbocycles. The third-order valence-corrected chi connectivity index (χ3v) is 6.35. The van der Waals surface area contributed by atoms with Crippen LogP contribution in [-0.4, -0.2) is 8.42 Å². The van der Waals surface area contributed by atoms with E-state index in [1.165, 1.54) is 11.3 Å². The number of hydrogen-bond acceptors (Lipinski definition) is 3. The van der Waals surface area contributed by atoms with Gasteiger partial charge in [-0.1, -0.05) is 6.07 Å². The smallest absolute Gasteiger partial charge is 0.271 e. The molecular formula is C11H9Br2NO2S2. The molecule has 0 spiro atoms. The van der Waals surface area contributed by atoms with Crippen molar-refractivity contribution in [3.8, 4) is 0 Å². The van der Waals surface area contributed by atoms with Crippen LogP contribution in [-0.2, 0) is 10.0 Å². The Bertz CT molecular complexity index is 680. The van der Waals surface area contributed by atoms with Crippen LogP contribution in [0.25, 0.3) is 0 Å². The van der Waals surface area contributed by atoms with Crippen LogP contribution in [0.15, 0.2) is 42.8 Å². The molecule has 0 aliphatic heterocycles. The number of aryl methyl sites for hydroxylation is 1. The maximum atomic E-state index is 12.1. The Hall–Kier alpha value is -0.370. The molecule has 0 radical (unpaired) electrons. The molecule has 0 unspecified atom stereocenters. The number of sulfonamides is 1. The SMILES string of the molecule is Cc1ccc(Br)c(NS(=O)(=O)c2ccc(Br)s2)c1. The molecule has 0 atom stereocenters. The summed E-state index contributed by atoms with van der Waals surface area (Å²) in [7, 11) is -3.52. The summed E-state index contributed by atoms with van der Waals surface area (Å²) in [5, 5.41) is 0. The summed E-state index contributed by atoms with van der Waals surface area (Å²) >= 11 is 7.76. The first-order chi connectivity index (χ1) is 8.38. The van der Waals surface area contributed by atoms with E-state index in [0.29, 0.717) is 10.2 Å². The van der Waals surface area contributed by atoms with Crippen molar-refractivity contribution in [1.29, 1.82) is 0 Å². The fourth-order valence-electron chi connectivity index (χ4n) is 1.35. The van der Waals surface area contributed by atoms with Gasteiger partial charge >= 0.3 is 0 Å². The molecular weight excluding hydrogens is 402 g/mol. The first kappa shape index (κ1) is 14.0. The zero-order chi connectivity index (χ0) is 13.3. The van der Waals surface area contributed by atoms with E-state index < -0.39 is 10.0 Å². The number of thiophene rings is 1. The Balaban J connectivity index is 2.36. The standard InChI is InChI=1S/C11H9Br2NO2S2/c1-7-2-3-8(12)9(6-7)14-18(15,16)11-5-4-10(13)17-11/h2-6,14H,1H3. The van der Waals surface area contributed by atoms with Gasteiger partial charge in [0.05, 0.1) is 9.47 Å². The largest absolute Gasteiger partial charge is 0.278 e. The predicted octanol–water partition coefficient (Wildman–Crippen LogP) is 4.38. The van der Waals surface area contributed by atoms with Crippen LogP contribution in [0, 0.1) is 6.92 Å². The van der Waals surface area contributed by atoms with Crippen molar-refractivity contribution in [1.82, 2.24) is 0 Å². The highest BCUT2D eigenvalue weighted by Crippen LogP contribution is 2.30. The Morgan fingerprint density at radius 2 is 1.89 bits per heavy atom. The third kappa shape index (κ3) is 3.14. The summed E-state index contributed by atoms with van der Waals surface area (Å²) in [6.45, 7) is 1.91. The van der Waals surface area contributed by atoms with Gasteiger partial charge in [-0.05, 0) is 68.6 Å². The van der Waals surface area contributed by atoms with E-state index in [0.717, 1.165) is 9.35 Å². The predicted molar refractivity (Wildman–Crippen MR) is 81.7 cm³/mol. The van der Waals surface area contributed by atoms with Gasteiger partial charge in [0, 0.05) is 4.47 Å². The lowest BCUT2D eigenvalue weighted by atomic mass is 10.2. The fraction of sp³-hybridized carbons (Fsp3) is 0.0909. The maximum Gasteiger partial charge on any atom is 0.271 e. The molecule has 1 N–H and O–H groups in total. The summed E-state index contributed by atoms with van der Waals surface area (Å²) in [6, 6.07) is 8.79. The van der Waals surface area contributed by atoms with Gasteiger partial charge in [-0.15, -0.1) is 11.3 Å². The van der Waals surface area contributed by atoms with Crippen molar-refractivity contribution < 1.29 is 8.42 Å². The van der Waals surface area contributed by atoms with E-state index in [-0.39, 0.29) is 4.21 Å². The Morgan fingerprint density at radius 1 is 1.17 bits per heavy atom. The quantitative estimate of drug-likeness (QED) is 0.815. The molecule has 18 heavy (non-hydrogen) atoms. The molecule has 0 aliphatic rings. The second-order valence-corrected chi connectivity index (χ2v) is 8.87. The second kappa shape index (κ2) is 5.32. The van der Waals surface area contributed by atoms with Gasteiger partial charge in [-0.3, -0.25) is 4.72 Å².